The summed E-state index contributed by atoms with van der Waals surface area (Å²) in [5.74, 6) is 0.534. The van der Waals surface area contributed by atoms with Crippen LogP contribution in [0.5, 0.6) is 0 Å². The minimum Gasteiger partial charge on any atom is -0.360 e. The lowest BCUT2D eigenvalue weighted by Crippen LogP contribution is -2.22. The molecule has 0 aliphatic carbocycles. The Morgan fingerprint density at radius 3 is 2.72 bits per heavy atom. The van der Waals surface area contributed by atoms with Gasteiger partial charge in [0.2, 0.25) is 5.95 Å². The molecule has 4 nitrogen and oxygen atoms in total. The number of anilines is 2. The largest absolute Gasteiger partial charge is 0.405 e. The fraction of sp³-hybridized carbons (Fsp3) is 0.400. The van der Waals surface area contributed by atoms with Crippen molar-refractivity contribution in [2.24, 2.45) is 0 Å². The Kier molecular flexibility index (Phi) is 3.55. The zero-order valence-corrected chi connectivity index (χ0v) is 10.3. The molecule has 0 amide bonds. The van der Waals surface area contributed by atoms with Gasteiger partial charge in [0.05, 0.1) is 5.39 Å². The average Bonchev–Trinajstić information content (AvgIpc) is 2.73. The van der Waals surface area contributed by atoms with Crippen LogP contribution >= 0.6 is 11.3 Å². The van der Waals surface area contributed by atoms with Gasteiger partial charge in [-0.15, -0.1) is 11.3 Å². The number of halogens is 3. The third-order valence-electron chi connectivity index (χ3n) is 2.12. The summed E-state index contributed by atoms with van der Waals surface area (Å²) < 4.78 is 36.6. The number of rotatable bonds is 4. The van der Waals surface area contributed by atoms with Gasteiger partial charge >= 0.3 is 6.18 Å². The predicted octanol–water partition coefficient (Wildman–Crippen LogP) is 3.10. The van der Waals surface area contributed by atoms with E-state index < -0.39 is 12.7 Å². The van der Waals surface area contributed by atoms with E-state index >= 15 is 0 Å². The molecular formula is C10H11F3N4S. The number of aromatic nitrogens is 2. The zero-order chi connectivity index (χ0) is 13.2. The third kappa shape index (κ3) is 3.00. The maximum Gasteiger partial charge on any atom is 0.405 e. The number of nitrogens with one attached hydrogen (secondary N) is 2. The van der Waals surface area contributed by atoms with Gasteiger partial charge in [-0.25, -0.2) is 4.98 Å². The Morgan fingerprint density at radius 2 is 2.06 bits per heavy atom. The minimum atomic E-state index is -4.27. The van der Waals surface area contributed by atoms with Crippen LogP contribution in [-0.2, 0) is 0 Å². The highest BCUT2D eigenvalue weighted by Crippen LogP contribution is 2.27. The Balaban J connectivity index is 2.31. The van der Waals surface area contributed by atoms with E-state index in [1.54, 1.807) is 11.4 Å². The van der Waals surface area contributed by atoms with Gasteiger partial charge < -0.3 is 10.6 Å². The number of fused-ring (bicyclic) bond motifs is 1. The molecule has 2 heterocycles. The monoisotopic (exact) mass is 276 g/mol. The molecule has 2 aromatic rings. The molecule has 18 heavy (non-hydrogen) atoms. The lowest BCUT2D eigenvalue weighted by Gasteiger charge is -2.11. The molecule has 8 heteroatoms. The number of thiophene rings is 1. The fourth-order valence-corrected chi connectivity index (χ4v) is 2.18. The smallest absolute Gasteiger partial charge is 0.360 e. The van der Waals surface area contributed by atoms with Crippen molar-refractivity contribution in [2.45, 2.75) is 13.1 Å². The molecule has 0 radical (unpaired) electrons. The van der Waals surface area contributed by atoms with Crippen LogP contribution in [-0.4, -0.2) is 29.2 Å². The van der Waals surface area contributed by atoms with E-state index in [0.717, 1.165) is 0 Å². The van der Waals surface area contributed by atoms with Crippen molar-refractivity contribution in [3.05, 3.63) is 11.4 Å². The van der Waals surface area contributed by atoms with Crippen molar-refractivity contribution in [3.8, 4) is 0 Å². The molecule has 2 aromatic heterocycles. The standard InChI is InChI=1S/C10H11F3N4S/c1-2-14-9-16-7(15-5-10(11,12)13)6-3-4-18-8(6)17-9/h3-4H,2,5H2,1H3,(H2,14,15,16,17). The summed E-state index contributed by atoms with van der Waals surface area (Å²) in [4.78, 5) is 8.90. The molecule has 0 saturated carbocycles. The first-order chi connectivity index (χ1) is 8.49. The van der Waals surface area contributed by atoms with Crippen LogP contribution < -0.4 is 10.6 Å². The van der Waals surface area contributed by atoms with Gasteiger partial charge in [0, 0.05) is 6.54 Å². The first kappa shape index (κ1) is 12.9. The van der Waals surface area contributed by atoms with E-state index in [1.807, 2.05) is 6.92 Å². The van der Waals surface area contributed by atoms with Crippen molar-refractivity contribution in [2.75, 3.05) is 23.7 Å². The number of hydrogen-bond acceptors (Lipinski definition) is 5. The highest BCUT2D eigenvalue weighted by molar-refractivity contribution is 7.16. The minimum absolute atomic E-state index is 0.203. The Bertz CT molecular complexity index is 537. The van der Waals surface area contributed by atoms with E-state index in [1.165, 1.54) is 11.3 Å². The summed E-state index contributed by atoms with van der Waals surface area (Å²) in [5, 5.41) is 7.57. The lowest BCUT2D eigenvalue weighted by atomic mass is 10.4. The van der Waals surface area contributed by atoms with Crippen LogP contribution in [0.2, 0.25) is 0 Å². The van der Waals surface area contributed by atoms with Gasteiger partial charge in [-0.1, -0.05) is 0 Å². The molecule has 0 spiro atoms. The molecule has 2 rings (SSSR count). The quantitative estimate of drug-likeness (QED) is 0.901. The van der Waals surface area contributed by atoms with E-state index in [9.17, 15) is 13.2 Å². The highest BCUT2D eigenvalue weighted by atomic mass is 32.1. The third-order valence-corrected chi connectivity index (χ3v) is 2.92. The summed E-state index contributed by atoms with van der Waals surface area (Å²) in [5.41, 5.74) is 0. The SMILES string of the molecule is CCNc1nc(NCC(F)(F)F)c2ccsc2n1. The maximum absolute atomic E-state index is 12.2. The second-order valence-electron chi connectivity index (χ2n) is 3.53. The second-order valence-corrected chi connectivity index (χ2v) is 4.43. The summed E-state index contributed by atoms with van der Waals surface area (Å²) in [6.07, 6.45) is -4.27. The number of nitrogens with zero attached hydrogens (tertiary/aromatic N) is 2. The molecule has 0 unspecified atom stereocenters. The summed E-state index contributed by atoms with van der Waals surface area (Å²) in [6, 6.07) is 1.70. The molecule has 0 aliphatic rings. The van der Waals surface area contributed by atoms with E-state index in [4.69, 9.17) is 0 Å². The molecule has 0 fully saturated rings. The van der Waals surface area contributed by atoms with Gasteiger partial charge in [0.1, 0.15) is 17.2 Å². The zero-order valence-electron chi connectivity index (χ0n) is 9.51. The van der Waals surface area contributed by atoms with Gasteiger partial charge in [0.25, 0.3) is 0 Å². The van der Waals surface area contributed by atoms with Crippen molar-refractivity contribution < 1.29 is 13.2 Å². The van der Waals surface area contributed by atoms with Crippen LogP contribution in [0, 0.1) is 0 Å². The molecule has 0 atom stereocenters. The van der Waals surface area contributed by atoms with Crippen LogP contribution in [0.15, 0.2) is 11.4 Å². The summed E-state index contributed by atoms with van der Waals surface area (Å²) in [7, 11) is 0. The summed E-state index contributed by atoms with van der Waals surface area (Å²) >= 11 is 1.36. The maximum atomic E-state index is 12.2. The van der Waals surface area contributed by atoms with Crippen molar-refractivity contribution in [1.29, 1.82) is 0 Å². The lowest BCUT2D eigenvalue weighted by molar-refractivity contribution is -0.115. The Morgan fingerprint density at radius 1 is 1.28 bits per heavy atom. The summed E-state index contributed by atoms with van der Waals surface area (Å²) in [6.45, 7) is 1.36. The molecule has 0 aliphatic heterocycles. The first-order valence-electron chi connectivity index (χ1n) is 5.29. The van der Waals surface area contributed by atoms with Crippen molar-refractivity contribution >= 4 is 33.3 Å². The van der Waals surface area contributed by atoms with Crippen LogP contribution in [0.4, 0.5) is 24.9 Å². The highest BCUT2D eigenvalue weighted by Gasteiger charge is 2.27. The normalized spacial score (nSPS) is 11.8. The van der Waals surface area contributed by atoms with Crippen LogP contribution in [0.1, 0.15) is 6.92 Å². The van der Waals surface area contributed by atoms with Crippen molar-refractivity contribution in [3.63, 3.8) is 0 Å². The molecule has 0 aromatic carbocycles. The van der Waals surface area contributed by atoms with Crippen molar-refractivity contribution in [1.82, 2.24) is 9.97 Å². The van der Waals surface area contributed by atoms with Gasteiger partial charge in [-0.3, -0.25) is 0 Å². The topological polar surface area (TPSA) is 49.8 Å². The van der Waals surface area contributed by atoms with E-state index in [-0.39, 0.29) is 5.82 Å². The first-order valence-corrected chi connectivity index (χ1v) is 6.17. The van der Waals surface area contributed by atoms with Crippen LogP contribution in [0.3, 0.4) is 0 Å². The molecule has 2 N–H and O–H groups in total. The molecule has 98 valence electrons. The number of alkyl halides is 3. The predicted molar refractivity (Wildman–Crippen MR) is 66.1 cm³/mol. The fourth-order valence-electron chi connectivity index (χ4n) is 1.41. The van der Waals surface area contributed by atoms with E-state index in [0.29, 0.717) is 22.7 Å². The van der Waals surface area contributed by atoms with Gasteiger partial charge in [-0.2, -0.15) is 18.2 Å². The average molecular weight is 276 g/mol. The Hall–Kier alpha value is -1.57. The number of hydrogen-bond donors (Lipinski definition) is 2. The molecular weight excluding hydrogens is 265 g/mol. The Labute approximate surface area is 105 Å². The molecule has 0 saturated heterocycles. The second kappa shape index (κ2) is 4.97. The molecule has 0 bridgehead atoms. The van der Waals surface area contributed by atoms with Gasteiger partial charge in [0.15, 0.2) is 0 Å². The van der Waals surface area contributed by atoms with E-state index in [2.05, 4.69) is 20.6 Å². The van der Waals surface area contributed by atoms with Crippen LogP contribution in [0.25, 0.3) is 10.2 Å². The van der Waals surface area contributed by atoms with Gasteiger partial charge in [-0.05, 0) is 18.4 Å².